The molecule has 0 atom stereocenters. The fourth-order valence-corrected chi connectivity index (χ4v) is 1.99. The number of anilines is 1. The number of aromatic nitrogens is 1. The third kappa shape index (κ3) is 2.66. The summed E-state index contributed by atoms with van der Waals surface area (Å²) in [5, 5.41) is 10.7. The smallest absolute Gasteiger partial charge is 0.337 e. The minimum atomic E-state index is -0.963. The van der Waals surface area contributed by atoms with Crippen molar-refractivity contribution < 1.29 is 14.6 Å². The number of ether oxygens (including phenoxy) is 1. The monoisotopic (exact) mass is 260 g/mol. The van der Waals surface area contributed by atoms with Gasteiger partial charge in [-0.25, -0.2) is 9.78 Å². The van der Waals surface area contributed by atoms with Gasteiger partial charge in [-0.15, -0.1) is 0 Å². The van der Waals surface area contributed by atoms with Crippen molar-refractivity contribution >= 4 is 22.6 Å². The zero-order chi connectivity index (χ0) is 13.8. The van der Waals surface area contributed by atoms with Crippen molar-refractivity contribution in [2.45, 2.75) is 0 Å². The molecule has 0 aliphatic heterocycles. The fourth-order valence-electron chi connectivity index (χ4n) is 1.99. The molecule has 19 heavy (non-hydrogen) atoms. The number of pyridine rings is 1. The molecular formula is C14H16N2O3. The quantitative estimate of drug-likeness (QED) is 0.891. The Morgan fingerprint density at radius 2 is 2.05 bits per heavy atom. The predicted octanol–water partition coefficient (Wildman–Crippen LogP) is 2.02. The summed E-state index contributed by atoms with van der Waals surface area (Å²) < 4.78 is 5.04. The molecule has 0 saturated carbocycles. The van der Waals surface area contributed by atoms with Crippen LogP contribution in [0.25, 0.3) is 10.8 Å². The molecule has 1 N–H and O–H groups in total. The first-order chi connectivity index (χ1) is 9.15. The summed E-state index contributed by atoms with van der Waals surface area (Å²) in [6, 6.07) is 7.39. The molecule has 0 aliphatic carbocycles. The Morgan fingerprint density at radius 3 is 2.68 bits per heavy atom. The number of nitrogens with zero attached hydrogens (tertiary/aromatic N) is 2. The molecule has 5 nitrogen and oxygen atoms in total. The zero-order valence-electron chi connectivity index (χ0n) is 11.0. The predicted molar refractivity (Wildman–Crippen MR) is 73.8 cm³/mol. The number of likely N-dealkylation sites (N-methyl/N-ethyl adjacent to an activating group) is 1. The summed E-state index contributed by atoms with van der Waals surface area (Å²) in [6.45, 7) is 1.28. The van der Waals surface area contributed by atoms with Crippen LogP contribution in [0.2, 0.25) is 0 Å². The highest BCUT2D eigenvalue weighted by Gasteiger charge is 2.14. The van der Waals surface area contributed by atoms with Gasteiger partial charge in [0.05, 0.1) is 12.2 Å². The molecule has 0 saturated heterocycles. The Kier molecular flexibility index (Phi) is 3.97. The molecule has 2 rings (SSSR count). The van der Waals surface area contributed by atoms with Gasteiger partial charge in [-0.2, -0.15) is 0 Å². The molecule has 0 amide bonds. The summed E-state index contributed by atoms with van der Waals surface area (Å²) in [7, 11) is 3.56. The Bertz CT molecular complexity index is 598. The molecule has 0 unspecified atom stereocenters. The first-order valence-corrected chi connectivity index (χ1v) is 5.96. The molecule has 0 bridgehead atoms. The van der Waals surface area contributed by atoms with Crippen LogP contribution in [0.5, 0.6) is 0 Å². The third-order valence-electron chi connectivity index (χ3n) is 3.00. The number of carboxylic acid groups (broad SMARTS) is 1. The first kappa shape index (κ1) is 13.3. The maximum atomic E-state index is 11.2. The van der Waals surface area contributed by atoms with Crippen LogP contribution in [0.4, 0.5) is 5.82 Å². The number of carbonyl (C=O) groups is 1. The van der Waals surface area contributed by atoms with Crippen molar-refractivity contribution in [3.63, 3.8) is 0 Å². The number of rotatable bonds is 5. The second-order valence-electron chi connectivity index (χ2n) is 4.26. The van der Waals surface area contributed by atoms with E-state index in [1.54, 1.807) is 13.2 Å². The van der Waals surface area contributed by atoms with E-state index in [1.807, 2.05) is 30.1 Å². The van der Waals surface area contributed by atoms with Gasteiger partial charge in [-0.3, -0.25) is 0 Å². The van der Waals surface area contributed by atoms with Crippen LogP contribution in [-0.4, -0.2) is 43.4 Å². The summed E-state index contributed by atoms with van der Waals surface area (Å²) in [5.74, 6) is -0.201. The number of aromatic carboxylic acids is 1. The zero-order valence-corrected chi connectivity index (χ0v) is 11.0. The number of benzene rings is 1. The van der Waals surface area contributed by atoms with Crippen LogP contribution in [0, 0.1) is 0 Å². The van der Waals surface area contributed by atoms with E-state index in [1.165, 1.54) is 6.20 Å². The van der Waals surface area contributed by atoms with E-state index in [0.717, 1.165) is 11.2 Å². The number of carboxylic acids is 1. The lowest BCUT2D eigenvalue weighted by atomic mass is 10.1. The van der Waals surface area contributed by atoms with Gasteiger partial charge < -0.3 is 14.7 Å². The second kappa shape index (κ2) is 5.67. The molecular weight excluding hydrogens is 244 g/mol. The van der Waals surface area contributed by atoms with E-state index in [9.17, 15) is 9.90 Å². The molecule has 5 heteroatoms. The maximum Gasteiger partial charge on any atom is 0.337 e. The lowest BCUT2D eigenvalue weighted by Gasteiger charge is -2.20. The molecule has 0 radical (unpaired) electrons. The maximum absolute atomic E-state index is 11.2. The van der Waals surface area contributed by atoms with Gasteiger partial charge >= 0.3 is 5.97 Å². The van der Waals surface area contributed by atoms with Crippen LogP contribution in [-0.2, 0) is 4.74 Å². The van der Waals surface area contributed by atoms with Crippen molar-refractivity contribution in [2.75, 3.05) is 32.2 Å². The Labute approximate surface area is 111 Å². The standard InChI is InChI=1S/C14H16N2O3/c1-16(7-8-19-2)13-11-6-4-3-5-10(11)12(9-15-13)14(17)18/h3-6,9H,7-8H2,1-2H3,(H,17,18). The van der Waals surface area contributed by atoms with Crippen molar-refractivity contribution in [1.82, 2.24) is 4.98 Å². The average Bonchev–Trinajstić information content (AvgIpc) is 2.43. The van der Waals surface area contributed by atoms with E-state index in [0.29, 0.717) is 18.5 Å². The molecule has 0 spiro atoms. The van der Waals surface area contributed by atoms with E-state index in [2.05, 4.69) is 4.98 Å². The molecule has 0 aliphatic rings. The fraction of sp³-hybridized carbons (Fsp3) is 0.286. The number of hydrogen-bond donors (Lipinski definition) is 1. The van der Waals surface area contributed by atoms with Gasteiger partial charge in [0, 0.05) is 37.7 Å². The molecule has 2 aromatic rings. The van der Waals surface area contributed by atoms with E-state index < -0.39 is 5.97 Å². The molecule has 0 fully saturated rings. The van der Waals surface area contributed by atoms with E-state index in [4.69, 9.17) is 4.74 Å². The largest absolute Gasteiger partial charge is 0.478 e. The van der Waals surface area contributed by atoms with Gasteiger partial charge in [0.25, 0.3) is 0 Å². The number of methoxy groups -OCH3 is 1. The highest BCUT2D eigenvalue weighted by molar-refractivity contribution is 6.06. The third-order valence-corrected chi connectivity index (χ3v) is 3.00. The highest BCUT2D eigenvalue weighted by atomic mass is 16.5. The molecule has 1 aromatic carbocycles. The highest BCUT2D eigenvalue weighted by Crippen LogP contribution is 2.26. The average molecular weight is 260 g/mol. The summed E-state index contributed by atoms with van der Waals surface area (Å²) in [6.07, 6.45) is 1.41. The van der Waals surface area contributed by atoms with Crippen LogP contribution >= 0.6 is 0 Å². The summed E-state index contributed by atoms with van der Waals surface area (Å²) >= 11 is 0. The number of fused-ring (bicyclic) bond motifs is 1. The SMILES string of the molecule is COCCN(C)c1ncc(C(=O)O)c2ccccc12. The van der Waals surface area contributed by atoms with Crippen molar-refractivity contribution in [3.8, 4) is 0 Å². The van der Waals surface area contributed by atoms with E-state index >= 15 is 0 Å². The Hall–Kier alpha value is -2.14. The lowest BCUT2D eigenvalue weighted by molar-refractivity contribution is 0.0698. The van der Waals surface area contributed by atoms with Crippen molar-refractivity contribution in [2.24, 2.45) is 0 Å². The van der Waals surface area contributed by atoms with Gasteiger partial charge in [0.15, 0.2) is 0 Å². The van der Waals surface area contributed by atoms with Crippen LogP contribution in [0.3, 0.4) is 0 Å². The summed E-state index contributed by atoms with van der Waals surface area (Å²) in [5.41, 5.74) is 0.222. The lowest BCUT2D eigenvalue weighted by Crippen LogP contribution is -2.23. The van der Waals surface area contributed by atoms with Gasteiger partial charge in [0.1, 0.15) is 5.82 Å². The van der Waals surface area contributed by atoms with Gasteiger partial charge in [-0.05, 0) is 0 Å². The Morgan fingerprint density at radius 1 is 1.37 bits per heavy atom. The summed E-state index contributed by atoms with van der Waals surface area (Å²) in [4.78, 5) is 17.4. The number of hydrogen-bond acceptors (Lipinski definition) is 4. The van der Waals surface area contributed by atoms with Gasteiger partial charge in [-0.1, -0.05) is 24.3 Å². The van der Waals surface area contributed by atoms with Crippen molar-refractivity contribution in [1.29, 1.82) is 0 Å². The molecule has 100 valence electrons. The van der Waals surface area contributed by atoms with E-state index in [-0.39, 0.29) is 5.56 Å². The van der Waals surface area contributed by atoms with Gasteiger partial charge in [0.2, 0.25) is 0 Å². The van der Waals surface area contributed by atoms with Crippen LogP contribution in [0.1, 0.15) is 10.4 Å². The Balaban J connectivity index is 2.52. The van der Waals surface area contributed by atoms with Crippen LogP contribution < -0.4 is 4.90 Å². The van der Waals surface area contributed by atoms with Crippen LogP contribution in [0.15, 0.2) is 30.5 Å². The normalized spacial score (nSPS) is 10.6. The molecule has 1 heterocycles. The topological polar surface area (TPSA) is 62.7 Å². The minimum Gasteiger partial charge on any atom is -0.478 e. The minimum absolute atomic E-state index is 0.222. The van der Waals surface area contributed by atoms with Crippen molar-refractivity contribution in [3.05, 3.63) is 36.0 Å². The molecule has 1 aromatic heterocycles. The second-order valence-corrected chi connectivity index (χ2v) is 4.26. The first-order valence-electron chi connectivity index (χ1n) is 5.96.